The smallest absolute Gasteiger partial charge is 0.124 e. The summed E-state index contributed by atoms with van der Waals surface area (Å²) in [5.74, 6) is 0. The van der Waals surface area contributed by atoms with Crippen LogP contribution >= 0.6 is 22.7 Å². The molecule has 2 nitrogen and oxygen atoms in total. The quantitative estimate of drug-likeness (QED) is 0.174. The number of rotatable bonds is 5. The van der Waals surface area contributed by atoms with Crippen LogP contribution in [0.25, 0.3) is 102 Å². The van der Waals surface area contributed by atoms with Gasteiger partial charge in [0.1, 0.15) is 5.01 Å². The molecule has 11 rings (SSSR count). The van der Waals surface area contributed by atoms with Gasteiger partial charge in [-0.1, -0.05) is 140 Å². The van der Waals surface area contributed by atoms with Gasteiger partial charge in [-0.3, -0.25) is 0 Å². The predicted molar refractivity (Wildman–Crippen MR) is 229 cm³/mol. The van der Waals surface area contributed by atoms with Gasteiger partial charge in [0.05, 0.1) is 21.3 Å². The average molecular weight is 711 g/mol. The lowest BCUT2D eigenvalue weighted by Gasteiger charge is -2.10. The van der Waals surface area contributed by atoms with Crippen molar-refractivity contribution in [3.05, 3.63) is 182 Å². The van der Waals surface area contributed by atoms with E-state index in [-0.39, 0.29) is 0 Å². The molecule has 0 N–H and O–H groups in total. The Morgan fingerprint density at radius 1 is 0.377 bits per heavy atom. The lowest BCUT2D eigenvalue weighted by Crippen LogP contribution is -1.93. The molecule has 0 spiro atoms. The van der Waals surface area contributed by atoms with Crippen LogP contribution in [-0.2, 0) is 0 Å². The van der Waals surface area contributed by atoms with E-state index in [0.29, 0.717) is 0 Å². The molecule has 0 radical (unpaired) electrons. The highest BCUT2D eigenvalue weighted by Gasteiger charge is 2.18. The molecule has 0 aliphatic rings. The molecule has 0 unspecified atom stereocenters. The molecule has 0 aliphatic heterocycles. The molecule has 0 fully saturated rings. The van der Waals surface area contributed by atoms with E-state index in [2.05, 4.69) is 187 Å². The van der Waals surface area contributed by atoms with E-state index < -0.39 is 0 Å². The summed E-state index contributed by atoms with van der Waals surface area (Å²) in [5, 5.41) is 6.11. The zero-order chi connectivity index (χ0) is 34.9. The fraction of sp³-hybridized carbons (Fsp3) is 0. The maximum atomic E-state index is 5.29. The average Bonchev–Trinajstić information content (AvgIpc) is 3.93. The third kappa shape index (κ3) is 4.95. The number of thiazole rings is 1. The number of nitrogens with zero attached hydrogens (tertiary/aromatic N) is 2. The van der Waals surface area contributed by atoms with Crippen molar-refractivity contribution in [2.75, 3.05) is 0 Å². The van der Waals surface area contributed by atoms with Gasteiger partial charge in [0, 0.05) is 42.2 Å². The number of benzene rings is 8. The van der Waals surface area contributed by atoms with Gasteiger partial charge < -0.3 is 4.57 Å². The summed E-state index contributed by atoms with van der Waals surface area (Å²) in [6, 6.07) is 65.9. The van der Waals surface area contributed by atoms with Gasteiger partial charge in [-0.2, -0.15) is 0 Å². The third-order valence-electron chi connectivity index (χ3n) is 10.5. The molecule has 3 aromatic heterocycles. The van der Waals surface area contributed by atoms with Crippen molar-refractivity contribution in [3.8, 4) is 49.6 Å². The van der Waals surface area contributed by atoms with E-state index in [1.807, 2.05) is 11.3 Å². The van der Waals surface area contributed by atoms with Crippen LogP contribution in [0.4, 0.5) is 0 Å². The molecule has 248 valence electrons. The van der Waals surface area contributed by atoms with Crippen molar-refractivity contribution in [1.82, 2.24) is 9.55 Å². The van der Waals surface area contributed by atoms with Gasteiger partial charge in [0.25, 0.3) is 0 Å². The van der Waals surface area contributed by atoms with Gasteiger partial charge in [-0.25, -0.2) is 4.98 Å². The largest absolute Gasteiger partial charge is 0.309 e. The first-order chi connectivity index (χ1) is 26.3. The molecule has 0 atom stereocenters. The van der Waals surface area contributed by atoms with E-state index in [1.54, 1.807) is 11.3 Å². The molecule has 0 saturated heterocycles. The molecule has 0 bridgehead atoms. The van der Waals surface area contributed by atoms with Gasteiger partial charge in [0.2, 0.25) is 0 Å². The van der Waals surface area contributed by atoms with Crippen molar-refractivity contribution < 1.29 is 0 Å². The summed E-state index contributed by atoms with van der Waals surface area (Å²) in [6.45, 7) is 0. The fourth-order valence-electron chi connectivity index (χ4n) is 7.95. The highest BCUT2D eigenvalue weighted by molar-refractivity contribution is 7.26. The van der Waals surface area contributed by atoms with Crippen molar-refractivity contribution >= 4 is 74.9 Å². The summed E-state index contributed by atoms with van der Waals surface area (Å²) >= 11 is 3.63. The molecular formula is C49H30N2S2. The Kier molecular flexibility index (Phi) is 6.94. The van der Waals surface area contributed by atoms with Crippen molar-refractivity contribution in [3.63, 3.8) is 0 Å². The zero-order valence-corrected chi connectivity index (χ0v) is 30.2. The molecular weight excluding hydrogens is 681 g/mol. The number of hydrogen-bond donors (Lipinski definition) is 0. The van der Waals surface area contributed by atoms with Gasteiger partial charge in [-0.15, -0.1) is 22.7 Å². The second kappa shape index (κ2) is 12.1. The lowest BCUT2D eigenvalue weighted by atomic mass is 9.98. The van der Waals surface area contributed by atoms with E-state index in [0.717, 1.165) is 21.8 Å². The van der Waals surface area contributed by atoms with Gasteiger partial charge >= 0.3 is 0 Å². The summed E-state index contributed by atoms with van der Waals surface area (Å²) < 4.78 is 6.20. The van der Waals surface area contributed by atoms with Crippen LogP contribution < -0.4 is 0 Å². The van der Waals surface area contributed by atoms with Crippen molar-refractivity contribution in [2.24, 2.45) is 0 Å². The molecule has 0 aliphatic carbocycles. The zero-order valence-electron chi connectivity index (χ0n) is 28.5. The topological polar surface area (TPSA) is 17.8 Å². The highest BCUT2D eigenvalue weighted by Crippen LogP contribution is 2.43. The number of fused-ring (bicyclic) bond motifs is 8. The maximum absolute atomic E-state index is 5.29. The third-order valence-corrected chi connectivity index (χ3v) is 12.7. The van der Waals surface area contributed by atoms with Crippen LogP contribution in [-0.4, -0.2) is 9.55 Å². The second-order valence-electron chi connectivity index (χ2n) is 13.5. The SMILES string of the molecule is c1ccc(-c2ccc(-n3c4ccccc4c4c(-c5ccc(-c6nc7c(ccc8sc9cc(-c%10ccccc%10)ccc9c87)s6)cc5)cccc43)cc2)cc1. The molecule has 0 saturated carbocycles. The van der Waals surface area contributed by atoms with Crippen LogP contribution in [0.2, 0.25) is 0 Å². The summed E-state index contributed by atoms with van der Waals surface area (Å²) in [4.78, 5) is 5.29. The highest BCUT2D eigenvalue weighted by atomic mass is 32.1. The molecule has 11 aromatic rings. The van der Waals surface area contributed by atoms with Crippen LogP contribution in [0, 0.1) is 0 Å². The first-order valence-electron chi connectivity index (χ1n) is 17.9. The van der Waals surface area contributed by atoms with Crippen molar-refractivity contribution in [1.29, 1.82) is 0 Å². The van der Waals surface area contributed by atoms with E-state index >= 15 is 0 Å². The number of hydrogen-bond acceptors (Lipinski definition) is 3. The van der Waals surface area contributed by atoms with Crippen LogP contribution in [0.1, 0.15) is 0 Å². The molecule has 3 heterocycles. The number of para-hydroxylation sites is 1. The first kappa shape index (κ1) is 30.3. The minimum atomic E-state index is 1.05. The standard InChI is InChI=1S/C49H30N2S2/c1-3-10-31(11-4-1)33-22-25-37(26-23-33)51-41-16-8-7-14-39(41)46-38(15-9-17-42(46)51)34-18-20-35(21-19-34)49-50-48-44(53-49)29-28-43-47(48)40-27-24-36(30-45(40)52-43)32-12-5-2-6-13-32/h1-30H. The number of aromatic nitrogens is 2. The molecule has 0 amide bonds. The predicted octanol–water partition coefficient (Wildman–Crippen LogP) is 14.4. The maximum Gasteiger partial charge on any atom is 0.124 e. The summed E-state index contributed by atoms with van der Waals surface area (Å²) in [5.41, 5.74) is 13.2. The lowest BCUT2D eigenvalue weighted by molar-refractivity contribution is 1.18. The van der Waals surface area contributed by atoms with Crippen LogP contribution in [0.15, 0.2) is 182 Å². The second-order valence-corrected chi connectivity index (χ2v) is 15.6. The summed E-state index contributed by atoms with van der Waals surface area (Å²) in [7, 11) is 0. The summed E-state index contributed by atoms with van der Waals surface area (Å²) in [6.07, 6.45) is 0. The Hall–Kier alpha value is -6.33. The van der Waals surface area contributed by atoms with Crippen LogP contribution in [0.3, 0.4) is 0 Å². The van der Waals surface area contributed by atoms with Gasteiger partial charge in [-0.05, 0) is 75.8 Å². The fourth-order valence-corrected chi connectivity index (χ4v) is 10.1. The van der Waals surface area contributed by atoms with Gasteiger partial charge in [0.15, 0.2) is 0 Å². The Balaban J connectivity index is 0.979. The normalized spacial score (nSPS) is 11.8. The Morgan fingerprint density at radius 3 is 1.79 bits per heavy atom. The Bertz CT molecular complexity index is 3130. The van der Waals surface area contributed by atoms with E-state index in [9.17, 15) is 0 Å². The Morgan fingerprint density at radius 2 is 1.00 bits per heavy atom. The van der Waals surface area contributed by atoms with Crippen LogP contribution in [0.5, 0.6) is 0 Å². The molecule has 4 heteroatoms. The first-order valence-corrected chi connectivity index (χ1v) is 19.5. The van der Waals surface area contributed by atoms with Crippen molar-refractivity contribution in [2.45, 2.75) is 0 Å². The van der Waals surface area contributed by atoms with E-state index in [1.165, 1.54) is 80.1 Å². The number of thiophene rings is 1. The Labute approximate surface area is 314 Å². The minimum absolute atomic E-state index is 1.05. The molecule has 8 aromatic carbocycles. The monoisotopic (exact) mass is 710 g/mol. The van der Waals surface area contributed by atoms with E-state index in [4.69, 9.17) is 4.98 Å². The molecule has 53 heavy (non-hydrogen) atoms. The minimum Gasteiger partial charge on any atom is -0.309 e.